The van der Waals surface area contributed by atoms with E-state index in [0.717, 1.165) is 44.4 Å². The third-order valence-corrected chi connectivity index (χ3v) is 9.33. The Labute approximate surface area is 267 Å². The number of fused-ring (bicyclic) bond motifs is 7. The summed E-state index contributed by atoms with van der Waals surface area (Å²) in [5, 5.41) is 2.35. The van der Waals surface area contributed by atoms with Gasteiger partial charge in [-0.05, 0) is 57.6 Å². The van der Waals surface area contributed by atoms with E-state index < -0.39 is 0 Å². The van der Waals surface area contributed by atoms with Gasteiger partial charge in [0, 0.05) is 32.9 Å². The minimum atomic E-state index is -0.121. The zero-order chi connectivity index (χ0) is 30.8. The molecule has 218 valence electrons. The van der Waals surface area contributed by atoms with Crippen molar-refractivity contribution in [1.29, 1.82) is 0 Å². The number of rotatable bonds is 4. The van der Waals surface area contributed by atoms with Crippen LogP contribution in [0.2, 0.25) is 0 Å². The summed E-state index contributed by atoms with van der Waals surface area (Å²) in [4.78, 5) is 14.8. The Morgan fingerprint density at radius 3 is 1.74 bits per heavy atom. The molecule has 0 radical (unpaired) electrons. The molecule has 1 aliphatic rings. The molecule has 0 fully saturated rings. The van der Waals surface area contributed by atoms with Crippen LogP contribution in [0.25, 0.3) is 78.4 Å². The smallest absolute Gasteiger partial charge is 0.164 e. The van der Waals surface area contributed by atoms with E-state index in [2.05, 4.69) is 86.6 Å². The minimum absolute atomic E-state index is 0.121. The Hall–Kier alpha value is -5.87. The number of furan rings is 1. The van der Waals surface area contributed by atoms with Crippen LogP contribution in [0.5, 0.6) is 0 Å². The number of nitrogens with zero attached hydrogens (tertiary/aromatic N) is 3. The minimum Gasteiger partial charge on any atom is -0.456 e. The van der Waals surface area contributed by atoms with Gasteiger partial charge in [-0.25, -0.2) is 15.0 Å². The highest BCUT2D eigenvalue weighted by Gasteiger charge is 2.37. The Morgan fingerprint density at radius 2 is 1.02 bits per heavy atom. The SMILES string of the molecule is CC1(C)c2ccc(-c3cccc(-c4nc(-c5ccccc5)nc(-c5ccccc5)n4)c3)cc2-c2c1ccc1oc3ccccc3c21. The third kappa shape index (κ3) is 4.11. The normalized spacial score (nSPS) is 13.2. The van der Waals surface area contributed by atoms with E-state index in [0.29, 0.717) is 17.5 Å². The molecule has 4 heteroatoms. The molecular weight excluding hydrogens is 562 g/mol. The van der Waals surface area contributed by atoms with Gasteiger partial charge in [0.25, 0.3) is 0 Å². The third-order valence-electron chi connectivity index (χ3n) is 9.33. The second-order valence-electron chi connectivity index (χ2n) is 12.5. The second kappa shape index (κ2) is 10.1. The second-order valence-corrected chi connectivity index (χ2v) is 12.5. The molecule has 9 rings (SSSR count). The van der Waals surface area contributed by atoms with Gasteiger partial charge in [-0.2, -0.15) is 0 Å². The first-order chi connectivity index (χ1) is 22.5. The summed E-state index contributed by atoms with van der Waals surface area (Å²) in [7, 11) is 0. The van der Waals surface area contributed by atoms with E-state index in [1.54, 1.807) is 0 Å². The summed E-state index contributed by atoms with van der Waals surface area (Å²) in [6, 6.07) is 48.3. The molecule has 0 spiro atoms. The number of hydrogen-bond donors (Lipinski definition) is 0. The topological polar surface area (TPSA) is 51.8 Å². The quantitative estimate of drug-likeness (QED) is 0.204. The number of hydrogen-bond acceptors (Lipinski definition) is 4. The Kier molecular flexibility index (Phi) is 5.81. The standard InChI is InChI=1S/C42H29N3O/c1-42(2)33-21-20-29(25-32(33)37-34(42)22-23-36-38(37)31-18-9-10-19-35(31)46-36)28-16-11-17-30(24-28)41-44-39(26-12-5-3-6-13-26)43-40(45-41)27-14-7-4-8-15-27/h3-25H,1-2H3. The molecule has 4 nitrogen and oxygen atoms in total. The molecule has 1 aliphatic carbocycles. The maximum Gasteiger partial charge on any atom is 0.164 e. The van der Waals surface area contributed by atoms with Gasteiger partial charge in [-0.1, -0.05) is 129 Å². The average Bonchev–Trinajstić information content (AvgIpc) is 3.60. The van der Waals surface area contributed by atoms with Crippen LogP contribution in [0.1, 0.15) is 25.0 Å². The zero-order valence-electron chi connectivity index (χ0n) is 25.5. The lowest BCUT2D eigenvalue weighted by Crippen LogP contribution is -2.14. The monoisotopic (exact) mass is 591 g/mol. The lowest BCUT2D eigenvalue weighted by molar-refractivity contribution is 0.656. The van der Waals surface area contributed by atoms with Gasteiger partial charge in [0.1, 0.15) is 11.2 Å². The maximum absolute atomic E-state index is 6.30. The zero-order valence-corrected chi connectivity index (χ0v) is 25.5. The highest BCUT2D eigenvalue weighted by molar-refractivity contribution is 6.15. The molecule has 0 N–H and O–H groups in total. The summed E-state index contributed by atoms with van der Waals surface area (Å²) in [6.45, 7) is 4.64. The van der Waals surface area contributed by atoms with E-state index >= 15 is 0 Å². The fourth-order valence-corrected chi connectivity index (χ4v) is 7.01. The molecule has 0 atom stereocenters. The van der Waals surface area contributed by atoms with E-state index in [1.165, 1.54) is 27.6 Å². The number of aromatic nitrogens is 3. The molecule has 2 aromatic heterocycles. The van der Waals surface area contributed by atoms with Crippen molar-refractivity contribution < 1.29 is 4.42 Å². The van der Waals surface area contributed by atoms with Gasteiger partial charge in [0.2, 0.25) is 0 Å². The first-order valence-corrected chi connectivity index (χ1v) is 15.6. The highest BCUT2D eigenvalue weighted by Crippen LogP contribution is 2.53. The molecular formula is C42H29N3O. The summed E-state index contributed by atoms with van der Waals surface area (Å²) < 4.78 is 6.30. The molecule has 0 unspecified atom stereocenters. The molecule has 6 aromatic carbocycles. The predicted molar refractivity (Wildman–Crippen MR) is 186 cm³/mol. The van der Waals surface area contributed by atoms with Gasteiger partial charge in [0.05, 0.1) is 0 Å². The molecule has 46 heavy (non-hydrogen) atoms. The van der Waals surface area contributed by atoms with Crippen LogP contribution in [-0.4, -0.2) is 15.0 Å². The summed E-state index contributed by atoms with van der Waals surface area (Å²) in [5.41, 5.74) is 12.0. The maximum atomic E-state index is 6.30. The van der Waals surface area contributed by atoms with E-state index in [-0.39, 0.29) is 5.41 Å². The largest absolute Gasteiger partial charge is 0.456 e. The Balaban J connectivity index is 1.20. The lowest BCUT2D eigenvalue weighted by Gasteiger charge is -2.21. The van der Waals surface area contributed by atoms with Gasteiger partial charge in [-0.15, -0.1) is 0 Å². The fraction of sp³-hybridized carbons (Fsp3) is 0.0714. The van der Waals surface area contributed by atoms with E-state index in [9.17, 15) is 0 Å². The van der Waals surface area contributed by atoms with E-state index in [1.807, 2.05) is 66.7 Å². The van der Waals surface area contributed by atoms with Gasteiger partial charge in [0.15, 0.2) is 17.5 Å². The van der Waals surface area contributed by atoms with E-state index in [4.69, 9.17) is 19.4 Å². The Bertz CT molecular complexity index is 2380. The summed E-state index contributed by atoms with van der Waals surface area (Å²) >= 11 is 0. The van der Waals surface area contributed by atoms with Gasteiger partial charge >= 0.3 is 0 Å². The first-order valence-electron chi connectivity index (χ1n) is 15.6. The van der Waals surface area contributed by atoms with Crippen LogP contribution < -0.4 is 0 Å². The van der Waals surface area contributed by atoms with Crippen molar-refractivity contribution in [2.75, 3.05) is 0 Å². The van der Waals surface area contributed by atoms with Gasteiger partial charge < -0.3 is 4.42 Å². The lowest BCUT2D eigenvalue weighted by atomic mass is 9.82. The van der Waals surface area contributed by atoms with Gasteiger partial charge in [-0.3, -0.25) is 0 Å². The van der Waals surface area contributed by atoms with Crippen LogP contribution in [-0.2, 0) is 5.41 Å². The average molecular weight is 592 g/mol. The van der Waals surface area contributed by atoms with Crippen LogP contribution >= 0.6 is 0 Å². The molecule has 0 saturated heterocycles. The molecule has 2 heterocycles. The van der Waals surface area contributed by atoms with Crippen molar-refractivity contribution >= 4 is 21.9 Å². The van der Waals surface area contributed by atoms with Crippen molar-refractivity contribution in [1.82, 2.24) is 15.0 Å². The molecule has 8 aromatic rings. The molecule has 0 amide bonds. The highest BCUT2D eigenvalue weighted by atomic mass is 16.3. The van der Waals surface area contributed by atoms with Crippen molar-refractivity contribution in [3.05, 3.63) is 151 Å². The summed E-state index contributed by atoms with van der Waals surface area (Å²) in [5.74, 6) is 1.96. The molecule has 0 aliphatic heterocycles. The van der Waals surface area contributed by atoms with Crippen molar-refractivity contribution in [3.63, 3.8) is 0 Å². The molecule has 0 saturated carbocycles. The van der Waals surface area contributed by atoms with Crippen LogP contribution in [0, 0.1) is 0 Å². The van der Waals surface area contributed by atoms with Crippen LogP contribution in [0.4, 0.5) is 0 Å². The van der Waals surface area contributed by atoms with Crippen molar-refractivity contribution in [3.8, 4) is 56.4 Å². The van der Waals surface area contributed by atoms with Crippen molar-refractivity contribution in [2.24, 2.45) is 0 Å². The van der Waals surface area contributed by atoms with Crippen LogP contribution in [0.3, 0.4) is 0 Å². The van der Waals surface area contributed by atoms with Crippen molar-refractivity contribution in [2.45, 2.75) is 19.3 Å². The molecule has 0 bridgehead atoms. The Morgan fingerprint density at radius 1 is 0.457 bits per heavy atom. The summed E-state index contributed by atoms with van der Waals surface area (Å²) in [6.07, 6.45) is 0. The first kappa shape index (κ1) is 26.5. The fourth-order valence-electron chi connectivity index (χ4n) is 7.01. The van der Waals surface area contributed by atoms with Crippen LogP contribution in [0.15, 0.2) is 144 Å². The predicted octanol–water partition coefficient (Wildman–Crippen LogP) is 10.7. The number of benzene rings is 6. The number of para-hydroxylation sites is 1.